The SMILES string of the molecule is Cc1cc(ONC(=O)n2cccn2)c(-c2ccc(Cl)cc2Cl)c(C(F)(F)F)c1. The smallest absolute Gasteiger partial charge is 0.377 e. The Kier molecular flexibility index (Phi) is 5.53. The van der Waals surface area contributed by atoms with Gasteiger partial charge >= 0.3 is 12.2 Å². The highest BCUT2D eigenvalue weighted by Crippen LogP contribution is 2.45. The number of aromatic nitrogens is 2. The van der Waals surface area contributed by atoms with Crippen LogP contribution in [-0.4, -0.2) is 15.8 Å². The van der Waals surface area contributed by atoms with E-state index in [1.165, 1.54) is 49.6 Å². The van der Waals surface area contributed by atoms with Crippen molar-refractivity contribution in [2.45, 2.75) is 13.1 Å². The van der Waals surface area contributed by atoms with Crippen LogP contribution < -0.4 is 10.3 Å². The van der Waals surface area contributed by atoms with Crippen molar-refractivity contribution in [1.29, 1.82) is 0 Å². The normalized spacial score (nSPS) is 11.4. The van der Waals surface area contributed by atoms with Gasteiger partial charge in [-0.05, 0) is 42.8 Å². The summed E-state index contributed by atoms with van der Waals surface area (Å²) >= 11 is 12.0. The van der Waals surface area contributed by atoms with E-state index in [-0.39, 0.29) is 32.5 Å². The predicted molar refractivity (Wildman–Crippen MR) is 98.4 cm³/mol. The zero-order chi connectivity index (χ0) is 20.5. The van der Waals surface area contributed by atoms with Crippen molar-refractivity contribution in [3.63, 3.8) is 0 Å². The topological polar surface area (TPSA) is 56.1 Å². The van der Waals surface area contributed by atoms with Crippen LogP contribution >= 0.6 is 23.2 Å². The van der Waals surface area contributed by atoms with Crippen molar-refractivity contribution in [2.24, 2.45) is 0 Å². The van der Waals surface area contributed by atoms with Crippen molar-refractivity contribution in [2.75, 3.05) is 0 Å². The molecule has 5 nitrogen and oxygen atoms in total. The lowest BCUT2D eigenvalue weighted by atomic mass is 9.96. The molecule has 0 aliphatic carbocycles. The maximum atomic E-state index is 13.7. The Morgan fingerprint density at radius 3 is 2.57 bits per heavy atom. The number of benzene rings is 2. The number of hydrogen-bond acceptors (Lipinski definition) is 3. The number of carbonyl (C=O) groups excluding carboxylic acids is 1. The van der Waals surface area contributed by atoms with Gasteiger partial charge < -0.3 is 4.84 Å². The molecule has 0 aliphatic rings. The van der Waals surface area contributed by atoms with Crippen LogP contribution in [0.5, 0.6) is 5.75 Å². The fourth-order valence-corrected chi connectivity index (χ4v) is 3.06. The van der Waals surface area contributed by atoms with E-state index in [4.69, 9.17) is 28.0 Å². The maximum absolute atomic E-state index is 13.7. The van der Waals surface area contributed by atoms with E-state index in [0.717, 1.165) is 10.7 Å². The first-order valence-corrected chi connectivity index (χ1v) is 8.56. The lowest BCUT2D eigenvalue weighted by Gasteiger charge is -2.19. The number of nitrogens with zero attached hydrogens (tertiary/aromatic N) is 2. The fraction of sp³-hybridized carbons (Fsp3) is 0.111. The van der Waals surface area contributed by atoms with Crippen molar-refractivity contribution < 1.29 is 22.8 Å². The first-order chi connectivity index (χ1) is 13.2. The second-order valence-electron chi connectivity index (χ2n) is 5.77. The number of rotatable bonds is 3. The van der Waals surface area contributed by atoms with Gasteiger partial charge in [0.15, 0.2) is 5.75 Å². The van der Waals surface area contributed by atoms with Gasteiger partial charge in [0.05, 0.1) is 10.6 Å². The van der Waals surface area contributed by atoms with Crippen molar-refractivity contribution >= 4 is 29.2 Å². The van der Waals surface area contributed by atoms with Gasteiger partial charge in [-0.3, -0.25) is 0 Å². The van der Waals surface area contributed by atoms with Gasteiger partial charge in [-0.2, -0.15) is 28.4 Å². The molecule has 1 aromatic heterocycles. The van der Waals surface area contributed by atoms with Crippen molar-refractivity contribution in [3.05, 3.63) is 70.0 Å². The molecule has 0 radical (unpaired) electrons. The summed E-state index contributed by atoms with van der Waals surface area (Å²) < 4.78 is 42.0. The van der Waals surface area contributed by atoms with E-state index in [1.54, 1.807) is 0 Å². The molecule has 0 unspecified atom stereocenters. The Bertz CT molecular complexity index is 1020. The molecular weight excluding hydrogens is 418 g/mol. The second kappa shape index (κ2) is 7.73. The number of halogens is 5. The number of alkyl halides is 3. The van der Waals surface area contributed by atoms with Crippen LogP contribution in [0, 0.1) is 6.92 Å². The summed E-state index contributed by atoms with van der Waals surface area (Å²) in [6, 6.07) is 7.15. The summed E-state index contributed by atoms with van der Waals surface area (Å²) in [6.07, 6.45) is -1.96. The Hall–Kier alpha value is -2.71. The molecule has 0 fully saturated rings. The van der Waals surface area contributed by atoms with E-state index in [2.05, 4.69) is 10.6 Å². The summed E-state index contributed by atoms with van der Waals surface area (Å²) in [7, 11) is 0. The molecule has 1 N–H and O–H groups in total. The van der Waals surface area contributed by atoms with Gasteiger partial charge in [-0.1, -0.05) is 29.3 Å². The van der Waals surface area contributed by atoms with Crippen molar-refractivity contribution in [3.8, 4) is 16.9 Å². The molecule has 3 rings (SSSR count). The maximum Gasteiger partial charge on any atom is 0.417 e. The van der Waals surface area contributed by atoms with Gasteiger partial charge in [0.2, 0.25) is 0 Å². The fourth-order valence-electron chi connectivity index (χ4n) is 2.56. The van der Waals surface area contributed by atoms with Crippen molar-refractivity contribution in [1.82, 2.24) is 15.3 Å². The molecule has 2 aromatic carbocycles. The van der Waals surface area contributed by atoms with E-state index in [0.29, 0.717) is 0 Å². The number of aryl methyl sites for hydroxylation is 1. The monoisotopic (exact) mass is 429 g/mol. The number of hydrogen-bond donors (Lipinski definition) is 1. The van der Waals surface area contributed by atoms with Crippen LogP contribution in [0.2, 0.25) is 10.0 Å². The largest absolute Gasteiger partial charge is 0.417 e. The van der Waals surface area contributed by atoms with Gasteiger partial charge in [0.25, 0.3) is 0 Å². The zero-order valence-electron chi connectivity index (χ0n) is 14.2. The second-order valence-corrected chi connectivity index (χ2v) is 6.61. The minimum absolute atomic E-state index is 0.00473. The van der Waals surface area contributed by atoms with Crippen LogP contribution in [0.25, 0.3) is 11.1 Å². The summed E-state index contributed by atoms with van der Waals surface area (Å²) in [6.45, 7) is 1.48. The average molecular weight is 430 g/mol. The standard InChI is InChI=1S/C18H12Cl2F3N3O2/c1-10-7-13(18(21,22)23)16(12-4-3-11(19)9-14(12)20)15(8-10)28-25-17(27)26-6-2-5-24-26/h2-9H,1H3,(H,25,27). The molecule has 0 bridgehead atoms. The molecule has 0 spiro atoms. The first-order valence-electron chi connectivity index (χ1n) is 7.81. The predicted octanol–water partition coefficient (Wildman–Crippen LogP) is 5.74. The molecule has 10 heteroatoms. The molecule has 3 aromatic rings. The molecular formula is C18H12Cl2F3N3O2. The van der Waals surface area contributed by atoms with E-state index >= 15 is 0 Å². The van der Waals surface area contributed by atoms with Crippen LogP contribution in [-0.2, 0) is 6.18 Å². The Morgan fingerprint density at radius 2 is 1.96 bits per heavy atom. The summed E-state index contributed by atoms with van der Waals surface area (Å²) in [5, 5.41) is 3.99. The van der Waals surface area contributed by atoms with Gasteiger partial charge in [-0.25, -0.2) is 4.79 Å². The average Bonchev–Trinajstić information content (AvgIpc) is 3.14. The first kappa shape index (κ1) is 20.0. The highest BCUT2D eigenvalue weighted by molar-refractivity contribution is 6.36. The summed E-state index contributed by atoms with van der Waals surface area (Å²) in [5.41, 5.74) is 1.14. The third-order valence-corrected chi connectivity index (χ3v) is 4.26. The lowest BCUT2D eigenvalue weighted by molar-refractivity contribution is -0.137. The molecule has 1 heterocycles. The quantitative estimate of drug-likeness (QED) is 0.540. The van der Waals surface area contributed by atoms with Gasteiger partial charge in [0.1, 0.15) is 0 Å². The molecule has 28 heavy (non-hydrogen) atoms. The molecule has 1 amide bonds. The summed E-state index contributed by atoms with van der Waals surface area (Å²) in [4.78, 5) is 17.2. The van der Waals surface area contributed by atoms with E-state index in [1.807, 2.05) is 0 Å². The van der Waals surface area contributed by atoms with Crippen LogP contribution in [0.1, 0.15) is 11.1 Å². The number of amides is 1. The van der Waals surface area contributed by atoms with Gasteiger partial charge in [0, 0.05) is 28.5 Å². The highest BCUT2D eigenvalue weighted by Gasteiger charge is 2.36. The number of hydroxylamine groups is 1. The molecule has 0 saturated carbocycles. The highest BCUT2D eigenvalue weighted by atomic mass is 35.5. The number of carbonyl (C=O) groups is 1. The Labute approximate surface area is 167 Å². The van der Waals surface area contributed by atoms with Crippen LogP contribution in [0.15, 0.2) is 48.8 Å². The molecule has 0 atom stereocenters. The lowest BCUT2D eigenvalue weighted by Crippen LogP contribution is -2.32. The molecule has 0 aliphatic heterocycles. The zero-order valence-corrected chi connectivity index (χ0v) is 15.7. The Balaban J connectivity index is 2.10. The third kappa shape index (κ3) is 4.23. The molecule has 146 valence electrons. The third-order valence-electron chi connectivity index (χ3n) is 3.71. The minimum atomic E-state index is -4.69. The van der Waals surface area contributed by atoms with Crippen LogP contribution in [0.4, 0.5) is 18.0 Å². The molecule has 0 saturated heterocycles. The summed E-state index contributed by atoms with van der Waals surface area (Å²) in [5.74, 6) is -0.225. The minimum Gasteiger partial charge on any atom is -0.377 e. The van der Waals surface area contributed by atoms with Crippen LogP contribution in [0.3, 0.4) is 0 Å². The number of nitrogens with one attached hydrogen (secondary N) is 1. The van der Waals surface area contributed by atoms with Gasteiger partial charge in [-0.15, -0.1) is 0 Å². The van der Waals surface area contributed by atoms with E-state index in [9.17, 15) is 18.0 Å². The van der Waals surface area contributed by atoms with E-state index < -0.39 is 17.8 Å². The Morgan fingerprint density at radius 1 is 1.21 bits per heavy atom.